The third kappa shape index (κ3) is 2.14. The van der Waals surface area contributed by atoms with Crippen LogP contribution in [-0.4, -0.2) is 11.4 Å². The summed E-state index contributed by atoms with van der Waals surface area (Å²) in [6.07, 6.45) is 0.831. The minimum Gasteiger partial charge on any atom is -0.391 e. The van der Waals surface area contributed by atoms with E-state index in [1.165, 1.54) is 0 Å². The summed E-state index contributed by atoms with van der Waals surface area (Å²) < 4.78 is 0. The van der Waals surface area contributed by atoms with Gasteiger partial charge in [0.05, 0.1) is 6.61 Å². The molecule has 0 aliphatic rings. The Balaban J connectivity index is 2.32. The van der Waals surface area contributed by atoms with E-state index in [1.807, 2.05) is 24.3 Å². The van der Waals surface area contributed by atoms with Gasteiger partial charge in [0, 0.05) is 15.3 Å². The van der Waals surface area contributed by atoms with E-state index in [0.717, 1.165) is 21.6 Å². The number of carbonyl (C=O) groups excluding carboxylic acids is 1. The third-order valence-corrected chi connectivity index (χ3v) is 3.27. The lowest BCUT2D eigenvalue weighted by atomic mass is 10.1. The van der Waals surface area contributed by atoms with Crippen molar-refractivity contribution in [3.05, 3.63) is 46.8 Å². The van der Waals surface area contributed by atoms with E-state index in [2.05, 4.69) is 0 Å². The smallest absolute Gasteiger partial charge is 0.150 e. The number of carbonyl (C=O) groups is 1. The Kier molecular flexibility index (Phi) is 2.94. The van der Waals surface area contributed by atoms with Gasteiger partial charge in [-0.1, -0.05) is 24.3 Å². The quantitative estimate of drug-likeness (QED) is 0.804. The number of benzene rings is 1. The lowest BCUT2D eigenvalue weighted by Gasteiger charge is -1.96. The molecule has 0 fully saturated rings. The summed E-state index contributed by atoms with van der Waals surface area (Å²) in [5.74, 6) is 0. The number of hydrogen-bond donors (Lipinski definition) is 1. The Hall–Kier alpha value is -1.45. The summed E-state index contributed by atoms with van der Waals surface area (Å²) in [5.41, 5.74) is 1.75. The van der Waals surface area contributed by atoms with Crippen LogP contribution in [0.5, 0.6) is 0 Å². The van der Waals surface area contributed by atoms with E-state index in [4.69, 9.17) is 5.11 Å². The van der Waals surface area contributed by atoms with Gasteiger partial charge in [0.15, 0.2) is 0 Å². The standard InChI is InChI=1S/C12H10O2S/c13-7-9-1-3-10(4-2-9)12-6-5-11(8-14)15-12/h1-7,14H,8H2. The molecule has 0 radical (unpaired) electrons. The minimum absolute atomic E-state index is 0.0804. The average Bonchev–Trinajstić information content (AvgIpc) is 2.78. The van der Waals surface area contributed by atoms with E-state index in [0.29, 0.717) is 5.56 Å². The van der Waals surface area contributed by atoms with Crippen LogP contribution in [0.25, 0.3) is 10.4 Å². The number of hydrogen-bond acceptors (Lipinski definition) is 3. The van der Waals surface area contributed by atoms with Crippen molar-refractivity contribution < 1.29 is 9.90 Å². The molecule has 2 rings (SSSR count). The van der Waals surface area contributed by atoms with Crippen molar-refractivity contribution in [2.45, 2.75) is 6.61 Å². The molecule has 1 N–H and O–H groups in total. The van der Waals surface area contributed by atoms with Crippen molar-refractivity contribution in [2.24, 2.45) is 0 Å². The second kappa shape index (κ2) is 4.38. The maximum Gasteiger partial charge on any atom is 0.150 e. The SMILES string of the molecule is O=Cc1ccc(-c2ccc(CO)s2)cc1. The topological polar surface area (TPSA) is 37.3 Å². The maximum absolute atomic E-state index is 10.5. The molecule has 0 spiro atoms. The molecule has 0 aliphatic heterocycles. The first-order valence-electron chi connectivity index (χ1n) is 4.58. The van der Waals surface area contributed by atoms with Gasteiger partial charge in [-0.25, -0.2) is 0 Å². The van der Waals surface area contributed by atoms with Crippen LogP contribution in [0.4, 0.5) is 0 Å². The van der Waals surface area contributed by atoms with Crippen LogP contribution in [0.2, 0.25) is 0 Å². The van der Waals surface area contributed by atoms with Crippen molar-refractivity contribution in [2.75, 3.05) is 0 Å². The second-order valence-electron chi connectivity index (χ2n) is 3.16. The molecule has 1 heterocycles. The lowest BCUT2D eigenvalue weighted by molar-refractivity contribution is 0.112. The normalized spacial score (nSPS) is 10.2. The Labute approximate surface area is 91.8 Å². The zero-order valence-corrected chi connectivity index (χ0v) is 8.83. The molecule has 0 atom stereocenters. The second-order valence-corrected chi connectivity index (χ2v) is 4.33. The molecule has 1 aromatic heterocycles. The monoisotopic (exact) mass is 218 g/mol. The van der Waals surface area contributed by atoms with Crippen molar-refractivity contribution in [1.29, 1.82) is 0 Å². The Morgan fingerprint density at radius 3 is 2.40 bits per heavy atom. The largest absolute Gasteiger partial charge is 0.391 e. The summed E-state index contributed by atoms with van der Waals surface area (Å²) in [6, 6.07) is 11.3. The van der Waals surface area contributed by atoms with Crippen molar-refractivity contribution in [1.82, 2.24) is 0 Å². The number of aldehydes is 1. The number of aliphatic hydroxyl groups is 1. The molecule has 1 aromatic carbocycles. The molecule has 0 aliphatic carbocycles. The fourth-order valence-electron chi connectivity index (χ4n) is 1.34. The van der Waals surface area contributed by atoms with E-state index >= 15 is 0 Å². The zero-order chi connectivity index (χ0) is 10.7. The van der Waals surface area contributed by atoms with Crippen molar-refractivity contribution in [3.63, 3.8) is 0 Å². The Bertz CT molecular complexity index is 457. The molecular weight excluding hydrogens is 208 g/mol. The summed E-state index contributed by atoms with van der Waals surface area (Å²) in [7, 11) is 0. The van der Waals surface area contributed by atoms with Gasteiger partial charge in [0.2, 0.25) is 0 Å². The summed E-state index contributed by atoms with van der Waals surface area (Å²) in [4.78, 5) is 12.5. The highest BCUT2D eigenvalue weighted by atomic mass is 32.1. The number of rotatable bonds is 3. The van der Waals surface area contributed by atoms with Crippen molar-refractivity contribution in [3.8, 4) is 10.4 Å². The minimum atomic E-state index is 0.0804. The number of thiophene rings is 1. The summed E-state index contributed by atoms with van der Waals surface area (Å²) in [6.45, 7) is 0.0804. The molecule has 2 aromatic rings. The number of aliphatic hydroxyl groups excluding tert-OH is 1. The van der Waals surface area contributed by atoms with Gasteiger partial charge in [-0.3, -0.25) is 4.79 Å². The first kappa shape index (κ1) is 10.1. The first-order chi connectivity index (χ1) is 7.33. The summed E-state index contributed by atoms with van der Waals surface area (Å²) in [5, 5.41) is 8.94. The average molecular weight is 218 g/mol. The van der Waals surface area contributed by atoms with Gasteiger partial charge < -0.3 is 5.11 Å². The predicted octanol–water partition coefficient (Wildman–Crippen LogP) is 2.72. The van der Waals surface area contributed by atoms with Gasteiger partial charge in [-0.2, -0.15) is 0 Å². The Morgan fingerprint density at radius 2 is 1.87 bits per heavy atom. The molecule has 15 heavy (non-hydrogen) atoms. The van der Waals surface area contributed by atoms with Crippen LogP contribution in [-0.2, 0) is 6.61 Å². The van der Waals surface area contributed by atoms with E-state index in [1.54, 1.807) is 23.5 Å². The Morgan fingerprint density at radius 1 is 1.13 bits per heavy atom. The molecule has 0 amide bonds. The predicted molar refractivity (Wildman–Crippen MR) is 61.1 cm³/mol. The van der Waals surface area contributed by atoms with Crippen LogP contribution >= 0.6 is 11.3 Å². The molecule has 76 valence electrons. The highest BCUT2D eigenvalue weighted by molar-refractivity contribution is 7.15. The molecule has 0 saturated heterocycles. The molecule has 0 unspecified atom stereocenters. The molecule has 0 bridgehead atoms. The third-order valence-electron chi connectivity index (χ3n) is 2.15. The van der Waals surface area contributed by atoms with Crippen LogP contribution in [0.15, 0.2) is 36.4 Å². The zero-order valence-electron chi connectivity index (χ0n) is 8.01. The van der Waals surface area contributed by atoms with Crippen LogP contribution in [0, 0.1) is 0 Å². The molecule has 3 heteroatoms. The maximum atomic E-state index is 10.5. The van der Waals surface area contributed by atoms with E-state index < -0.39 is 0 Å². The fourth-order valence-corrected chi connectivity index (χ4v) is 2.22. The van der Waals surface area contributed by atoms with Gasteiger partial charge in [0.25, 0.3) is 0 Å². The van der Waals surface area contributed by atoms with E-state index in [9.17, 15) is 4.79 Å². The molecule has 0 saturated carbocycles. The summed E-state index contributed by atoms with van der Waals surface area (Å²) >= 11 is 1.56. The lowest BCUT2D eigenvalue weighted by Crippen LogP contribution is -1.78. The van der Waals surface area contributed by atoms with E-state index in [-0.39, 0.29) is 6.61 Å². The van der Waals surface area contributed by atoms with Crippen LogP contribution in [0.3, 0.4) is 0 Å². The molecule has 2 nitrogen and oxygen atoms in total. The highest BCUT2D eigenvalue weighted by Crippen LogP contribution is 2.28. The first-order valence-corrected chi connectivity index (χ1v) is 5.40. The molecular formula is C12H10O2S. The van der Waals surface area contributed by atoms with Gasteiger partial charge >= 0.3 is 0 Å². The van der Waals surface area contributed by atoms with Crippen LogP contribution < -0.4 is 0 Å². The van der Waals surface area contributed by atoms with Gasteiger partial charge in [0.1, 0.15) is 6.29 Å². The fraction of sp³-hybridized carbons (Fsp3) is 0.0833. The van der Waals surface area contributed by atoms with Crippen molar-refractivity contribution >= 4 is 17.6 Å². The highest BCUT2D eigenvalue weighted by Gasteiger charge is 2.01. The van der Waals surface area contributed by atoms with Gasteiger partial charge in [-0.05, 0) is 17.7 Å². The van der Waals surface area contributed by atoms with Crippen LogP contribution in [0.1, 0.15) is 15.2 Å². The van der Waals surface area contributed by atoms with Gasteiger partial charge in [-0.15, -0.1) is 11.3 Å².